The van der Waals surface area contributed by atoms with Gasteiger partial charge in [0.15, 0.2) is 0 Å². The zero-order valence-electron chi connectivity index (χ0n) is 14.5. The molecule has 5 nitrogen and oxygen atoms in total. The summed E-state index contributed by atoms with van der Waals surface area (Å²) < 4.78 is 7.94. The molecule has 0 amide bonds. The average Bonchev–Trinajstić information content (AvgIpc) is 3.24. The van der Waals surface area contributed by atoms with Crippen molar-refractivity contribution in [2.24, 2.45) is 0 Å². The third-order valence-electron chi connectivity index (χ3n) is 4.88. The lowest BCUT2D eigenvalue weighted by molar-refractivity contribution is 0.262. The minimum Gasteiger partial charge on any atom is -0.493 e. The average molecular weight is 324 g/mol. The molecule has 0 unspecified atom stereocenters. The fraction of sp³-hybridized carbons (Fsp3) is 0.474. The molecule has 126 valence electrons. The molecule has 0 atom stereocenters. The zero-order valence-corrected chi connectivity index (χ0v) is 14.5. The van der Waals surface area contributed by atoms with E-state index in [2.05, 4.69) is 34.0 Å². The van der Waals surface area contributed by atoms with Crippen LogP contribution in [0.25, 0.3) is 16.4 Å². The highest BCUT2D eigenvalue weighted by Gasteiger charge is 2.12. The van der Waals surface area contributed by atoms with Gasteiger partial charge in [-0.05, 0) is 63.9 Å². The molecule has 24 heavy (non-hydrogen) atoms. The SMILES string of the molecule is Cc1cc2c(cc1OCCCN1CCCC1)nc(C)n1nccc21. The van der Waals surface area contributed by atoms with Gasteiger partial charge in [0, 0.05) is 18.0 Å². The Morgan fingerprint density at radius 1 is 1.17 bits per heavy atom. The number of hydrogen-bond acceptors (Lipinski definition) is 4. The second kappa shape index (κ2) is 6.40. The summed E-state index contributed by atoms with van der Waals surface area (Å²) in [6.45, 7) is 8.48. The monoisotopic (exact) mass is 324 g/mol. The predicted octanol–water partition coefficient (Wildman–Crippen LogP) is 3.36. The van der Waals surface area contributed by atoms with Gasteiger partial charge in [-0.15, -0.1) is 0 Å². The van der Waals surface area contributed by atoms with Crippen LogP contribution in [0.1, 0.15) is 30.7 Å². The van der Waals surface area contributed by atoms with Gasteiger partial charge in [-0.25, -0.2) is 9.50 Å². The minimum absolute atomic E-state index is 0.761. The summed E-state index contributed by atoms with van der Waals surface area (Å²) in [6.07, 6.45) is 5.59. The summed E-state index contributed by atoms with van der Waals surface area (Å²) in [5.41, 5.74) is 3.22. The van der Waals surface area contributed by atoms with Crippen molar-refractivity contribution < 1.29 is 4.74 Å². The number of rotatable bonds is 5. The Balaban J connectivity index is 1.52. The third kappa shape index (κ3) is 2.84. The van der Waals surface area contributed by atoms with E-state index >= 15 is 0 Å². The van der Waals surface area contributed by atoms with Gasteiger partial charge >= 0.3 is 0 Å². The number of benzene rings is 1. The molecule has 1 aliphatic heterocycles. The van der Waals surface area contributed by atoms with Gasteiger partial charge in [0.1, 0.15) is 11.6 Å². The molecule has 1 saturated heterocycles. The maximum atomic E-state index is 6.05. The molecule has 4 rings (SSSR count). The lowest BCUT2D eigenvalue weighted by Gasteiger charge is -2.15. The molecule has 2 aromatic heterocycles. The van der Waals surface area contributed by atoms with Gasteiger partial charge in [-0.2, -0.15) is 5.10 Å². The molecule has 0 bridgehead atoms. The predicted molar refractivity (Wildman–Crippen MR) is 95.8 cm³/mol. The van der Waals surface area contributed by atoms with Crippen molar-refractivity contribution in [3.63, 3.8) is 0 Å². The highest BCUT2D eigenvalue weighted by Crippen LogP contribution is 2.27. The number of hydrogen-bond donors (Lipinski definition) is 0. The van der Waals surface area contributed by atoms with Gasteiger partial charge in [0.25, 0.3) is 0 Å². The van der Waals surface area contributed by atoms with Crippen LogP contribution in [0.2, 0.25) is 0 Å². The number of ether oxygens (including phenoxy) is 1. The smallest absolute Gasteiger partial charge is 0.128 e. The Bertz CT molecular complexity index is 865. The van der Waals surface area contributed by atoms with E-state index in [0.29, 0.717) is 0 Å². The van der Waals surface area contributed by atoms with Crippen LogP contribution in [-0.4, -0.2) is 45.7 Å². The molecule has 0 spiro atoms. The molecule has 3 aromatic rings. The van der Waals surface area contributed by atoms with E-state index in [9.17, 15) is 0 Å². The molecular formula is C19H24N4O. The first-order chi connectivity index (χ1) is 11.7. The Morgan fingerprint density at radius 3 is 2.83 bits per heavy atom. The molecule has 0 radical (unpaired) electrons. The quantitative estimate of drug-likeness (QED) is 0.675. The Labute approximate surface area is 142 Å². The molecule has 0 N–H and O–H groups in total. The molecule has 1 aromatic carbocycles. The van der Waals surface area contributed by atoms with Crippen LogP contribution in [0, 0.1) is 13.8 Å². The molecule has 1 aliphatic rings. The van der Waals surface area contributed by atoms with Crippen LogP contribution in [0.15, 0.2) is 24.4 Å². The van der Waals surface area contributed by atoms with E-state index in [4.69, 9.17) is 4.74 Å². The number of fused-ring (bicyclic) bond motifs is 3. The van der Waals surface area contributed by atoms with Crippen LogP contribution < -0.4 is 4.74 Å². The normalized spacial score (nSPS) is 15.6. The summed E-state index contributed by atoms with van der Waals surface area (Å²) in [7, 11) is 0. The Kier molecular flexibility index (Phi) is 4.10. The van der Waals surface area contributed by atoms with E-state index in [1.807, 2.05) is 23.7 Å². The van der Waals surface area contributed by atoms with Crippen molar-refractivity contribution in [2.45, 2.75) is 33.1 Å². The van der Waals surface area contributed by atoms with Crippen molar-refractivity contribution in [1.29, 1.82) is 0 Å². The van der Waals surface area contributed by atoms with E-state index < -0.39 is 0 Å². The van der Waals surface area contributed by atoms with Crippen molar-refractivity contribution >= 4 is 16.4 Å². The van der Waals surface area contributed by atoms with Crippen molar-refractivity contribution in [3.8, 4) is 5.75 Å². The van der Waals surface area contributed by atoms with Gasteiger partial charge in [-0.1, -0.05) is 0 Å². The molecule has 0 saturated carbocycles. The van der Waals surface area contributed by atoms with Gasteiger partial charge < -0.3 is 9.64 Å². The van der Waals surface area contributed by atoms with E-state index in [1.54, 1.807) is 0 Å². The fourth-order valence-corrected chi connectivity index (χ4v) is 3.59. The number of nitrogens with zero attached hydrogens (tertiary/aromatic N) is 4. The second-order valence-electron chi connectivity index (χ2n) is 6.67. The van der Waals surface area contributed by atoms with E-state index in [0.717, 1.165) is 53.1 Å². The lowest BCUT2D eigenvalue weighted by atomic mass is 10.1. The molecular weight excluding hydrogens is 300 g/mol. The van der Waals surface area contributed by atoms with Crippen LogP contribution in [0.4, 0.5) is 0 Å². The minimum atomic E-state index is 0.761. The largest absolute Gasteiger partial charge is 0.493 e. The first kappa shape index (κ1) is 15.4. The van der Waals surface area contributed by atoms with Gasteiger partial charge in [0.05, 0.1) is 23.8 Å². The maximum Gasteiger partial charge on any atom is 0.128 e. The molecule has 0 aliphatic carbocycles. The van der Waals surface area contributed by atoms with E-state index in [1.165, 1.54) is 25.9 Å². The zero-order chi connectivity index (χ0) is 16.5. The van der Waals surface area contributed by atoms with Gasteiger partial charge in [0.2, 0.25) is 0 Å². The summed E-state index contributed by atoms with van der Waals surface area (Å²) in [4.78, 5) is 7.21. The number of aromatic nitrogens is 3. The highest BCUT2D eigenvalue weighted by atomic mass is 16.5. The lowest BCUT2D eigenvalue weighted by Crippen LogP contribution is -2.21. The number of aryl methyl sites for hydroxylation is 2. The van der Waals surface area contributed by atoms with Crippen LogP contribution >= 0.6 is 0 Å². The van der Waals surface area contributed by atoms with Crippen molar-refractivity contribution in [3.05, 3.63) is 35.8 Å². The summed E-state index contributed by atoms with van der Waals surface area (Å²) in [6, 6.07) is 6.27. The fourth-order valence-electron chi connectivity index (χ4n) is 3.59. The summed E-state index contributed by atoms with van der Waals surface area (Å²) in [5.74, 6) is 1.84. The summed E-state index contributed by atoms with van der Waals surface area (Å²) >= 11 is 0. The first-order valence-corrected chi connectivity index (χ1v) is 8.82. The standard InChI is InChI=1S/C19H24N4O/c1-14-12-16-17(21-15(2)23-18(16)6-7-20-23)13-19(14)24-11-5-10-22-8-3-4-9-22/h6-7,12-13H,3-5,8-11H2,1-2H3. The highest BCUT2D eigenvalue weighted by molar-refractivity contribution is 5.94. The van der Waals surface area contributed by atoms with Crippen molar-refractivity contribution in [1.82, 2.24) is 19.5 Å². The molecule has 3 heterocycles. The molecule has 1 fully saturated rings. The maximum absolute atomic E-state index is 6.05. The van der Waals surface area contributed by atoms with Crippen molar-refractivity contribution in [2.75, 3.05) is 26.2 Å². The second-order valence-corrected chi connectivity index (χ2v) is 6.67. The van der Waals surface area contributed by atoms with Gasteiger partial charge in [-0.3, -0.25) is 0 Å². The van der Waals surface area contributed by atoms with Crippen LogP contribution in [0.5, 0.6) is 5.75 Å². The van der Waals surface area contributed by atoms with Crippen LogP contribution in [0.3, 0.4) is 0 Å². The number of likely N-dealkylation sites (tertiary alicyclic amines) is 1. The first-order valence-electron chi connectivity index (χ1n) is 8.82. The van der Waals surface area contributed by atoms with E-state index in [-0.39, 0.29) is 0 Å². The topological polar surface area (TPSA) is 42.7 Å². The van der Waals surface area contributed by atoms with Crippen LogP contribution in [-0.2, 0) is 0 Å². The Hall–Kier alpha value is -2.14. The Morgan fingerprint density at radius 2 is 2.00 bits per heavy atom. The third-order valence-corrected chi connectivity index (χ3v) is 4.88. The summed E-state index contributed by atoms with van der Waals surface area (Å²) in [5, 5.41) is 5.46. The molecule has 5 heteroatoms.